The average molecular weight is 377 g/mol. The van der Waals surface area contributed by atoms with Crippen LogP contribution >= 0.6 is 0 Å². The lowest BCUT2D eigenvalue weighted by Gasteiger charge is -2.45. The highest BCUT2D eigenvalue weighted by atomic mass is 16.2. The molecule has 2 unspecified atom stereocenters. The number of amides is 2. The largest absolute Gasteiger partial charge is 0.335 e. The zero-order valence-corrected chi connectivity index (χ0v) is 16.4. The summed E-state index contributed by atoms with van der Waals surface area (Å²) in [6.07, 6.45) is 8.01. The Kier molecular flexibility index (Phi) is 5.77. The van der Waals surface area contributed by atoms with E-state index in [1.807, 2.05) is 48.5 Å². The van der Waals surface area contributed by atoms with Crippen LogP contribution in [-0.4, -0.2) is 30.7 Å². The summed E-state index contributed by atoms with van der Waals surface area (Å²) in [6.45, 7) is 4.97. The van der Waals surface area contributed by atoms with Gasteiger partial charge in [-0.1, -0.05) is 55.1 Å². The molecule has 2 aliphatic rings. The number of hydrogen-bond acceptors (Lipinski definition) is 1. The van der Waals surface area contributed by atoms with Crippen LogP contribution in [0.2, 0.25) is 0 Å². The smallest absolute Gasteiger partial charge is 0.319 e. The molecule has 4 heteroatoms. The van der Waals surface area contributed by atoms with E-state index in [1.165, 1.54) is 19.3 Å². The van der Waals surface area contributed by atoms with Crippen molar-refractivity contribution in [2.45, 2.75) is 50.2 Å². The van der Waals surface area contributed by atoms with Crippen molar-refractivity contribution < 1.29 is 9.69 Å². The van der Waals surface area contributed by atoms with Gasteiger partial charge in [-0.25, -0.2) is 4.79 Å². The zero-order chi connectivity index (χ0) is 19.3. The normalized spacial score (nSPS) is 26.3. The summed E-state index contributed by atoms with van der Waals surface area (Å²) in [7, 11) is 0. The van der Waals surface area contributed by atoms with Crippen LogP contribution in [0.5, 0.6) is 0 Å². The first-order valence-corrected chi connectivity index (χ1v) is 10.4. The fourth-order valence-electron chi connectivity index (χ4n) is 5.06. The summed E-state index contributed by atoms with van der Waals surface area (Å²) in [6, 6.07) is 19.6. The van der Waals surface area contributed by atoms with Crippen LogP contribution in [0.1, 0.15) is 32.1 Å². The van der Waals surface area contributed by atoms with E-state index < -0.39 is 0 Å². The molecule has 2 aromatic rings. The molecule has 3 N–H and O–H groups in total. The predicted molar refractivity (Wildman–Crippen MR) is 115 cm³/mol. The molecule has 0 aliphatic carbocycles. The number of carbonyl (C=O) groups excluding carboxylic acids is 1. The number of para-hydroxylation sites is 1. The van der Waals surface area contributed by atoms with Crippen LogP contribution in [0, 0.1) is 0 Å². The summed E-state index contributed by atoms with van der Waals surface area (Å²) in [4.78, 5) is 14.4. The molecule has 0 aromatic heterocycles. The van der Waals surface area contributed by atoms with E-state index in [1.54, 1.807) is 4.90 Å². The molecule has 146 valence electrons. The molecule has 2 aromatic carbocycles. The summed E-state index contributed by atoms with van der Waals surface area (Å²) in [5.74, 6) is 0. The molecule has 4 rings (SSSR count). The van der Waals surface area contributed by atoms with Crippen LogP contribution in [0.4, 0.5) is 10.5 Å². The number of carbonyl (C=O) groups is 1. The van der Waals surface area contributed by atoms with Crippen molar-refractivity contribution in [1.82, 2.24) is 5.32 Å². The quantitative estimate of drug-likeness (QED) is 0.686. The Bertz CT molecular complexity index is 806. The summed E-state index contributed by atoms with van der Waals surface area (Å²) < 4.78 is 0. The first kappa shape index (κ1) is 18.8. The Hall–Kier alpha value is -2.59. The number of rotatable bonds is 5. The van der Waals surface area contributed by atoms with Gasteiger partial charge in [-0.3, -0.25) is 0 Å². The van der Waals surface area contributed by atoms with Gasteiger partial charge in [0.1, 0.15) is 0 Å². The number of nitrogens with one attached hydrogen (secondary N) is 3. The summed E-state index contributed by atoms with van der Waals surface area (Å²) >= 11 is 0. The molecule has 0 spiro atoms. The number of quaternary nitrogens is 1. The second kappa shape index (κ2) is 8.61. The first-order chi connectivity index (χ1) is 13.7. The van der Waals surface area contributed by atoms with Crippen molar-refractivity contribution in [1.29, 1.82) is 0 Å². The van der Waals surface area contributed by atoms with Crippen molar-refractivity contribution in [3.05, 3.63) is 67.3 Å². The Morgan fingerprint density at radius 2 is 1.71 bits per heavy atom. The van der Waals surface area contributed by atoms with Crippen molar-refractivity contribution in [3.8, 4) is 11.1 Å². The Morgan fingerprint density at radius 3 is 2.43 bits per heavy atom. The van der Waals surface area contributed by atoms with Gasteiger partial charge < -0.3 is 15.5 Å². The lowest BCUT2D eigenvalue weighted by atomic mass is 9.82. The van der Waals surface area contributed by atoms with Crippen LogP contribution in [0.15, 0.2) is 67.3 Å². The SMILES string of the molecule is C=CC[NH+]1[C@@H]2CCC[C@H]1CC(NC(=O)Nc1ccccc1-c1ccccc1)C2. The second-order valence-corrected chi connectivity index (χ2v) is 8.07. The Morgan fingerprint density at radius 1 is 1.04 bits per heavy atom. The average Bonchev–Trinajstić information content (AvgIpc) is 2.70. The summed E-state index contributed by atoms with van der Waals surface area (Å²) in [5, 5.41) is 6.33. The maximum atomic E-state index is 12.7. The molecule has 28 heavy (non-hydrogen) atoms. The topological polar surface area (TPSA) is 45.6 Å². The van der Waals surface area contributed by atoms with E-state index >= 15 is 0 Å². The van der Waals surface area contributed by atoms with Gasteiger partial charge in [-0.05, 0) is 37.0 Å². The van der Waals surface area contributed by atoms with E-state index in [4.69, 9.17) is 0 Å². The van der Waals surface area contributed by atoms with Crippen LogP contribution < -0.4 is 15.5 Å². The maximum Gasteiger partial charge on any atom is 0.319 e. The molecule has 2 aliphatic heterocycles. The number of urea groups is 1. The van der Waals surface area contributed by atoms with E-state index in [0.29, 0.717) is 12.1 Å². The van der Waals surface area contributed by atoms with Gasteiger partial charge >= 0.3 is 6.03 Å². The first-order valence-electron chi connectivity index (χ1n) is 10.4. The maximum absolute atomic E-state index is 12.7. The highest BCUT2D eigenvalue weighted by Crippen LogP contribution is 2.28. The van der Waals surface area contributed by atoms with Crippen LogP contribution in [-0.2, 0) is 0 Å². The standard InChI is InChI=1S/C24H29N3O/c1-2-15-27-20-11-8-12-21(27)17-19(16-20)25-24(28)26-23-14-7-6-13-22(23)18-9-4-3-5-10-18/h2-7,9-10,13-14,19-21H,1,8,11-12,15-17H2,(H2,25,26,28)/p+1/t19?,20-,21+. The molecule has 2 bridgehead atoms. The van der Waals surface area contributed by atoms with Crippen molar-refractivity contribution in [2.24, 2.45) is 0 Å². The molecular formula is C24H30N3O+. The molecular weight excluding hydrogens is 346 g/mol. The fourth-order valence-corrected chi connectivity index (χ4v) is 5.06. The molecule has 0 saturated carbocycles. The predicted octanol–water partition coefficient (Wildman–Crippen LogP) is 3.63. The Balaban J connectivity index is 1.41. The molecule has 0 radical (unpaired) electrons. The number of hydrogen-bond donors (Lipinski definition) is 3. The number of piperidine rings is 2. The van der Waals surface area contributed by atoms with Crippen molar-refractivity contribution in [2.75, 3.05) is 11.9 Å². The van der Waals surface area contributed by atoms with Crippen LogP contribution in [0.25, 0.3) is 11.1 Å². The van der Waals surface area contributed by atoms with E-state index in [-0.39, 0.29) is 12.1 Å². The highest BCUT2D eigenvalue weighted by molar-refractivity contribution is 5.94. The lowest BCUT2D eigenvalue weighted by molar-refractivity contribution is -0.955. The third kappa shape index (κ3) is 4.12. The minimum absolute atomic E-state index is 0.0985. The van der Waals surface area contributed by atoms with Crippen molar-refractivity contribution in [3.63, 3.8) is 0 Å². The second-order valence-electron chi connectivity index (χ2n) is 8.07. The van der Waals surface area contributed by atoms with Gasteiger partial charge in [0, 0.05) is 24.4 Å². The van der Waals surface area contributed by atoms with Gasteiger partial charge in [0.25, 0.3) is 0 Å². The van der Waals surface area contributed by atoms with Crippen molar-refractivity contribution >= 4 is 11.7 Å². The Labute approximate surface area is 167 Å². The fraction of sp³-hybridized carbons (Fsp3) is 0.375. The molecule has 2 fully saturated rings. The third-order valence-corrected chi connectivity index (χ3v) is 6.27. The van der Waals surface area contributed by atoms with Gasteiger partial charge in [0.05, 0.1) is 24.3 Å². The minimum Gasteiger partial charge on any atom is -0.335 e. The number of benzene rings is 2. The van der Waals surface area contributed by atoms with Crippen LogP contribution in [0.3, 0.4) is 0 Å². The molecule has 4 atom stereocenters. The van der Waals surface area contributed by atoms with Gasteiger partial charge in [0.15, 0.2) is 0 Å². The molecule has 2 heterocycles. The minimum atomic E-state index is -0.0985. The number of fused-ring (bicyclic) bond motifs is 2. The third-order valence-electron chi connectivity index (χ3n) is 6.27. The highest BCUT2D eigenvalue weighted by Gasteiger charge is 2.41. The van der Waals surface area contributed by atoms with E-state index in [9.17, 15) is 4.79 Å². The zero-order valence-electron chi connectivity index (χ0n) is 16.4. The van der Waals surface area contributed by atoms with Gasteiger partial charge in [-0.15, -0.1) is 0 Å². The lowest BCUT2D eigenvalue weighted by Crippen LogP contribution is -3.21. The molecule has 4 nitrogen and oxygen atoms in total. The van der Waals surface area contributed by atoms with Gasteiger partial charge in [0.2, 0.25) is 0 Å². The number of anilines is 1. The van der Waals surface area contributed by atoms with E-state index in [2.05, 4.69) is 29.3 Å². The van der Waals surface area contributed by atoms with Gasteiger partial charge in [-0.2, -0.15) is 0 Å². The monoisotopic (exact) mass is 376 g/mol. The molecule has 2 saturated heterocycles. The van der Waals surface area contributed by atoms with E-state index in [0.717, 1.165) is 36.2 Å². The molecule has 2 amide bonds. The summed E-state index contributed by atoms with van der Waals surface area (Å²) in [5.41, 5.74) is 3.00.